The van der Waals surface area contributed by atoms with Crippen molar-refractivity contribution >= 4 is 40.9 Å². The van der Waals surface area contributed by atoms with E-state index in [0.717, 1.165) is 11.8 Å². The smallest absolute Gasteiger partial charge is 0.340 e. The predicted molar refractivity (Wildman–Crippen MR) is 106 cm³/mol. The lowest BCUT2D eigenvalue weighted by molar-refractivity contribution is -0.113. The molecule has 0 aliphatic heterocycles. The first-order valence-electron chi connectivity index (χ1n) is 8.35. The third-order valence-corrected chi connectivity index (χ3v) is 4.55. The minimum Gasteiger partial charge on any atom is -0.462 e. The SMILES string of the molecule is CCOC(=O)c1ccccc1NC(=O)CSc1nnc(-c2cccc(Cl)c2)o1. The van der Waals surface area contributed by atoms with Gasteiger partial charge in [-0.15, -0.1) is 10.2 Å². The molecular weight excluding hydrogens is 402 g/mol. The number of hydrogen-bond acceptors (Lipinski definition) is 7. The lowest BCUT2D eigenvalue weighted by Gasteiger charge is -2.09. The van der Waals surface area contributed by atoms with E-state index in [0.29, 0.717) is 27.7 Å². The van der Waals surface area contributed by atoms with Gasteiger partial charge in [-0.25, -0.2) is 4.79 Å². The average molecular weight is 418 g/mol. The van der Waals surface area contributed by atoms with Crippen LogP contribution in [0.15, 0.2) is 58.2 Å². The van der Waals surface area contributed by atoms with E-state index in [-0.39, 0.29) is 23.5 Å². The van der Waals surface area contributed by atoms with Crippen molar-refractivity contribution in [2.75, 3.05) is 17.7 Å². The maximum Gasteiger partial charge on any atom is 0.340 e. The van der Waals surface area contributed by atoms with Crippen LogP contribution in [0.25, 0.3) is 11.5 Å². The van der Waals surface area contributed by atoms with Crippen LogP contribution in [0, 0.1) is 0 Å². The number of benzene rings is 2. The van der Waals surface area contributed by atoms with Gasteiger partial charge in [-0.3, -0.25) is 4.79 Å². The van der Waals surface area contributed by atoms with E-state index in [4.69, 9.17) is 20.8 Å². The Bertz CT molecular complexity index is 993. The number of para-hydroxylation sites is 1. The van der Waals surface area contributed by atoms with E-state index in [1.54, 1.807) is 55.5 Å². The topological polar surface area (TPSA) is 94.3 Å². The van der Waals surface area contributed by atoms with Crippen LogP contribution in [0.5, 0.6) is 0 Å². The number of esters is 1. The van der Waals surface area contributed by atoms with Crippen LogP contribution < -0.4 is 5.32 Å². The zero-order valence-electron chi connectivity index (χ0n) is 14.8. The molecule has 1 amide bonds. The van der Waals surface area contributed by atoms with Gasteiger partial charge in [0.15, 0.2) is 0 Å². The molecule has 3 aromatic rings. The fourth-order valence-corrected chi connectivity index (χ4v) is 3.05. The van der Waals surface area contributed by atoms with E-state index in [1.807, 2.05) is 0 Å². The molecule has 1 aromatic heterocycles. The Morgan fingerprint density at radius 1 is 1.18 bits per heavy atom. The highest BCUT2D eigenvalue weighted by Gasteiger charge is 2.15. The Morgan fingerprint density at radius 2 is 2.00 bits per heavy atom. The van der Waals surface area contributed by atoms with Crippen LogP contribution in [-0.2, 0) is 9.53 Å². The Balaban J connectivity index is 1.61. The van der Waals surface area contributed by atoms with Crippen LogP contribution in [0.3, 0.4) is 0 Å². The Hall–Kier alpha value is -2.84. The maximum absolute atomic E-state index is 12.2. The minimum atomic E-state index is -0.492. The molecule has 1 N–H and O–H groups in total. The Kier molecular flexibility index (Phi) is 6.67. The van der Waals surface area contributed by atoms with E-state index >= 15 is 0 Å². The molecule has 7 nitrogen and oxygen atoms in total. The normalized spacial score (nSPS) is 10.5. The number of nitrogens with zero attached hydrogens (tertiary/aromatic N) is 2. The summed E-state index contributed by atoms with van der Waals surface area (Å²) in [7, 11) is 0. The molecule has 0 atom stereocenters. The van der Waals surface area contributed by atoms with Crippen molar-refractivity contribution < 1.29 is 18.7 Å². The van der Waals surface area contributed by atoms with Gasteiger partial charge in [-0.1, -0.05) is 41.6 Å². The number of rotatable bonds is 7. The van der Waals surface area contributed by atoms with Gasteiger partial charge < -0.3 is 14.5 Å². The summed E-state index contributed by atoms with van der Waals surface area (Å²) >= 11 is 7.05. The van der Waals surface area contributed by atoms with Gasteiger partial charge in [0.05, 0.1) is 23.6 Å². The molecule has 0 fully saturated rings. The maximum atomic E-state index is 12.2. The summed E-state index contributed by atoms with van der Waals surface area (Å²) in [6.07, 6.45) is 0. The van der Waals surface area contributed by atoms with Crippen LogP contribution >= 0.6 is 23.4 Å². The number of ether oxygens (including phenoxy) is 1. The molecule has 0 aliphatic carbocycles. The number of carbonyl (C=O) groups is 2. The number of amides is 1. The lowest BCUT2D eigenvalue weighted by atomic mass is 10.2. The van der Waals surface area contributed by atoms with Gasteiger partial charge in [0.1, 0.15) is 0 Å². The van der Waals surface area contributed by atoms with Crippen molar-refractivity contribution in [1.82, 2.24) is 10.2 Å². The molecule has 0 spiro atoms. The molecule has 0 saturated heterocycles. The summed E-state index contributed by atoms with van der Waals surface area (Å²) < 4.78 is 10.5. The standard InChI is InChI=1S/C19H16ClN3O4S/c1-2-26-18(25)14-8-3-4-9-15(14)21-16(24)11-28-19-23-22-17(27-19)12-6-5-7-13(20)10-12/h3-10H,2,11H2,1H3,(H,21,24). The average Bonchev–Trinajstić information content (AvgIpc) is 3.16. The molecule has 0 unspecified atom stereocenters. The summed E-state index contributed by atoms with van der Waals surface area (Å²) in [4.78, 5) is 24.2. The molecule has 2 aromatic carbocycles. The number of hydrogen-bond donors (Lipinski definition) is 1. The summed E-state index contributed by atoms with van der Waals surface area (Å²) in [6, 6.07) is 13.7. The number of aromatic nitrogens is 2. The van der Waals surface area contributed by atoms with Crippen molar-refractivity contribution in [3.63, 3.8) is 0 Å². The van der Waals surface area contributed by atoms with Crippen LogP contribution in [0.4, 0.5) is 5.69 Å². The second-order valence-corrected chi connectivity index (χ2v) is 6.85. The molecule has 0 radical (unpaired) electrons. The van der Waals surface area contributed by atoms with E-state index in [1.165, 1.54) is 0 Å². The van der Waals surface area contributed by atoms with Gasteiger partial charge in [0, 0.05) is 10.6 Å². The fraction of sp³-hybridized carbons (Fsp3) is 0.158. The van der Waals surface area contributed by atoms with Crippen molar-refractivity contribution in [3.8, 4) is 11.5 Å². The first-order valence-corrected chi connectivity index (χ1v) is 9.71. The fourth-order valence-electron chi connectivity index (χ4n) is 2.30. The van der Waals surface area contributed by atoms with Crippen molar-refractivity contribution in [2.45, 2.75) is 12.1 Å². The first-order chi connectivity index (χ1) is 13.6. The molecular formula is C19H16ClN3O4S. The molecule has 3 rings (SSSR count). The van der Waals surface area contributed by atoms with Crippen LogP contribution in [-0.4, -0.2) is 34.4 Å². The second-order valence-electron chi connectivity index (χ2n) is 5.49. The highest BCUT2D eigenvalue weighted by Crippen LogP contribution is 2.25. The van der Waals surface area contributed by atoms with E-state index in [9.17, 15) is 9.59 Å². The minimum absolute atomic E-state index is 0.0361. The second kappa shape index (κ2) is 9.38. The van der Waals surface area contributed by atoms with Crippen molar-refractivity contribution in [1.29, 1.82) is 0 Å². The Labute approximate surface area is 170 Å². The van der Waals surface area contributed by atoms with Gasteiger partial charge >= 0.3 is 5.97 Å². The highest BCUT2D eigenvalue weighted by molar-refractivity contribution is 7.99. The van der Waals surface area contributed by atoms with Gasteiger partial charge in [0.2, 0.25) is 11.8 Å². The zero-order valence-corrected chi connectivity index (χ0v) is 16.4. The Morgan fingerprint density at radius 3 is 2.79 bits per heavy atom. The summed E-state index contributed by atoms with van der Waals surface area (Å²) in [5.41, 5.74) is 1.38. The quantitative estimate of drug-likeness (QED) is 0.452. The number of thioether (sulfide) groups is 1. The largest absolute Gasteiger partial charge is 0.462 e. The van der Waals surface area contributed by atoms with Gasteiger partial charge in [0.25, 0.3) is 5.22 Å². The molecule has 0 bridgehead atoms. The first kappa shape index (κ1) is 19.9. The predicted octanol–water partition coefficient (Wildman–Crippen LogP) is 4.30. The molecule has 9 heteroatoms. The lowest BCUT2D eigenvalue weighted by Crippen LogP contribution is -2.17. The van der Waals surface area contributed by atoms with E-state index in [2.05, 4.69) is 15.5 Å². The molecule has 1 heterocycles. The van der Waals surface area contributed by atoms with Gasteiger partial charge in [-0.2, -0.15) is 0 Å². The number of anilines is 1. The summed E-state index contributed by atoms with van der Waals surface area (Å²) in [5.74, 6) is -0.453. The van der Waals surface area contributed by atoms with Crippen LogP contribution in [0.2, 0.25) is 5.02 Å². The zero-order chi connectivity index (χ0) is 19.9. The monoisotopic (exact) mass is 417 g/mol. The van der Waals surface area contributed by atoms with Crippen LogP contribution in [0.1, 0.15) is 17.3 Å². The van der Waals surface area contributed by atoms with E-state index < -0.39 is 5.97 Å². The third-order valence-electron chi connectivity index (χ3n) is 3.50. The highest BCUT2D eigenvalue weighted by atomic mass is 35.5. The number of carbonyl (C=O) groups excluding carboxylic acids is 2. The summed E-state index contributed by atoms with van der Waals surface area (Å²) in [5, 5.41) is 11.4. The molecule has 144 valence electrons. The third kappa shape index (κ3) is 5.11. The molecule has 28 heavy (non-hydrogen) atoms. The van der Waals surface area contributed by atoms with Crippen molar-refractivity contribution in [3.05, 3.63) is 59.1 Å². The number of halogens is 1. The summed E-state index contributed by atoms with van der Waals surface area (Å²) in [6.45, 7) is 1.97. The molecule has 0 aliphatic rings. The van der Waals surface area contributed by atoms with Crippen molar-refractivity contribution in [2.24, 2.45) is 0 Å². The number of nitrogens with one attached hydrogen (secondary N) is 1. The molecule has 0 saturated carbocycles. The van der Waals surface area contributed by atoms with Gasteiger partial charge in [-0.05, 0) is 37.3 Å².